The Morgan fingerprint density at radius 3 is 2.45 bits per heavy atom. The standard InChI is InChI=1S/C25H27FN4O3/c26-20-5-1-19(2-6-20)16-30-23-9-12-33-17-22(23)24(28-30)25(31)27-15-18-3-7-21(8-4-18)29-10-13-32-14-11-29/h1-8H,9-17H2,(H,27,31). The molecule has 172 valence electrons. The fourth-order valence-electron chi connectivity index (χ4n) is 4.30. The molecular formula is C25H27FN4O3. The van der Waals surface area contributed by atoms with Gasteiger partial charge in [-0.15, -0.1) is 0 Å². The van der Waals surface area contributed by atoms with Crippen molar-refractivity contribution in [2.45, 2.75) is 26.1 Å². The molecule has 0 aliphatic carbocycles. The monoisotopic (exact) mass is 450 g/mol. The number of carbonyl (C=O) groups excluding carboxylic acids is 1. The first-order valence-corrected chi connectivity index (χ1v) is 11.3. The van der Waals surface area contributed by atoms with E-state index in [1.807, 2.05) is 16.8 Å². The minimum absolute atomic E-state index is 0.216. The molecule has 2 aromatic carbocycles. The number of hydrogen-bond donors (Lipinski definition) is 1. The van der Waals surface area contributed by atoms with Gasteiger partial charge in [0.2, 0.25) is 0 Å². The molecule has 0 spiro atoms. The molecule has 3 heterocycles. The number of amides is 1. The van der Waals surface area contributed by atoms with Crippen LogP contribution in [0.4, 0.5) is 10.1 Å². The molecule has 0 bridgehead atoms. The van der Waals surface area contributed by atoms with Gasteiger partial charge >= 0.3 is 0 Å². The van der Waals surface area contributed by atoms with Crippen LogP contribution in [0.2, 0.25) is 0 Å². The van der Waals surface area contributed by atoms with Crippen LogP contribution in [-0.2, 0) is 35.6 Å². The molecule has 1 amide bonds. The molecule has 5 rings (SSSR count). The van der Waals surface area contributed by atoms with Gasteiger partial charge in [0.15, 0.2) is 5.69 Å². The van der Waals surface area contributed by atoms with Crippen molar-refractivity contribution in [1.82, 2.24) is 15.1 Å². The third-order valence-electron chi connectivity index (χ3n) is 6.12. The van der Waals surface area contributed by atoms with Gasteiger partial charge in [0.25, 0.3) is 5.91 Å². The van der Waals surface area contributed by atoms with Gasteiger partial charge in [-0.25, -0.2) is 4.39 Å². The van der Waals surface area contributed by atoms with E-state index in [1.165, 1.54) is 17.8 Å². The molecule has 0 saturated carbocycles. The number of nitrogens with zero attached hydrogens (tertiary/aromatic N) is 3. The number of rotatable bonds is 6. The Labute approximate surface area is 192 Å². The summed E-state index contributed by atoms with van der Waals surface area (Å²) in [5, 5.41) is 7.60. The quantitative estimate of drug-likeness (QED) is 0.626. The van der Waals surface area contributed by atoms with Gasteiger partial charge in [-0.3, -0.25) is 9.48 Å². The first-order chi connectivity index (χ1) is 16.2. The van der Waals surface area contributed by atoms with Crippen LogP contribution in [0.5, 0.6) is 0 Å². The predicted octanol–water partition coefficient (Wildman–Crippen LogP) is 2.91. The second kappa shape index (κ2) is 9.72. The van der Waals surface area contributed by atoms with Gasteiger partial charge in [0.05, 0.1) is 33.0 Å². The summed E-state index contributed by atoms with van der Waals surface area (Å²) in [5.41, 5.74) is 5.36. The number of nitrogens with one attached hydrogen (secondary N) is 1. The van der Waals surface area contributed by atoms with Crippen LogP contribution < -0.4 is 10.2 Å². The predicted molar refractivity (Wildman–Crippen MR) is 122 cm³/mol. The smallest absolute Gasteiger partial charge is 0.272 e. The van der Waals surface area contributed by atoms with Crippen molar-refractivity contribution in [2.24, 2.45) is 0 Å². The second-order valence-electron chi connectivity index (χ2n) is 8.31. The minimum Gasteiger partial charge on any atom is -0.378 e. The van der Waals surface area contributed by atoms with Crippen molar-refractivity contribution in [3.05, 3.63) is 82.4 Å². The van der Waals surface area contributed by atoms with Gasteiger partial charge in [-0.05, 0) is 35.4 Å². The molecule has 0 unspecified atom stereocenters. The maximum absolute atomic E-state index is 13.3. The molecule has 1 N–H and O–H groups in total. The SMILES string of the molecule is O=C(NCc1ccc(N2CCOCC2)cc1)c1nn(Cc2ccc(F)cc2)c2c1COCC2. The van der Waals surface area contributed by atoms with E-state index in [0.717, 1.165) is 48.7 Å². The van der Waals surface area contributed by atoms with Crippen LogP contribution in [0.1, 0.15) is 32.9 Å². The highest BCUT2D eigenvalue weighted by Crippen LogP contribution is 2.22. The highest BCUT2D eigenvalue weighted by atomic mass is 19.1. The summed E-state index contributed by atoms with van der Waals surface area (Å²) < 4.78 is 26.1. The lowest BCUT2D eigenvalue weighted by Gasteiger charge is -2.28. The molecule has 2 aliphatic rings. The van der Waals surface area contributed by atoms with Gasteiger partial charge in [0, 0.05) is 43.0 Å². The Morgan fingerprint density at radius 2 is 1.70 bits per heavy atom. The summed E-state index contributed by atoms with van der Waals surface area (Å²) in [6.45, 7) is 5.16. The maximum atomic E-state index is 13.3. The van der Waals surface area contributed by atoms with Crippen LogP contribution in [0.3, 0.4) is 0 Å². The van der Waals surface area contributed by atoms with E-state index >= 15 is 0 Å². The number of hydrogen-bond acceptors (Lipinski definition) is 5. The molecule has 3 aromatic rings. The molecule has 33 heavy (non-hydrogen) atoms. The number of benzene rings is 2. The van der Waals surface area contributed by atoms with E-state index in [0.29, 0.717) is 38.4 Å². The molecule has 0 radical (unpaired) electrons. The van der Waals surface area contributed by atoms with E-state index in [-0.39, 0.29) is 11.7 Å². The van der Waals surface area contributed by atoms with Crippen LogP contribution in [0.15, 0.2) is 48.5 Å². The molecule has 1 aromatic heterocycles. The lowest BCUT2D eigenvalue weighted by molar-refractivity contribution is 0.0922. The summed E-state index contributed by atoms with van der Waals surface area (Å²) in [6.07, 6.45) is 0.694. The maximum Gasteiger partial charge on any atom is 0.272 e. The summed E-state index contributed by atoms with van der Waals surface area (Å²) in [4.78, 5) is 15.3. The number of aromatic nitrogens is 2. The highest BCUT2D eigenvalue weighted by molar-refractivity contribution is 5.94. The Kier molecular flexibility index (Phi) is 6.37. The van der Waals surface area contributed by atoms with E-state index in [4.69, 9.17) is 9.47 Å². The number of fused-ring (bicyclic) bond motifs is 1. The molecule has 1 saturated heterocycles. The summed E-state index contributed by atoms with van der Waals surface area (Å²) in [7, 11) is 0. The van der Waals surface area contributed by atoms with Crippen molar-refractivity contribution >= 4 is 11.6 Å². The molecule has 0 atom stereocenters. The van der Waals surface area contributed by atoms with Crippen molar-refractivity contribution in [3.63, 3.8) is 0 Å². The zero-order chi connectivity index (χ0) is 22.6. The third-order valence-corrected chi connectivity index (χ3v) is 6.12. The van der Waals surface area contributed by atoms with Crippen molar-refractivity contribution in [3.8, 4) is 0 Å². The Morgan fingerprint density at radius 1 is 0.970 bits per heavy atom. The van der Waals surface area contributed by atoms with Gasteiger partial charge in [0.1, 0.15) is 5.82 Å². The Bertz CT molecular complexity index is 1110. The molecular weight excluding hydrogens is 423 g/mol. The summed E-state index contributed by atoms with van der Waals surface area (Å²) in [6, 6.07) is 14.6. The molecule has 2 aliphatic heterocycles. The molecule has 7 nitrogen and oxygen atoms in total. The van der Waals surface area contributed by atoms with E-state index in [9.17, 15) is 9.18 Å². The molecule has 1 fully saturated rings. The first-order valence-electron chi connectivity index (χ1n) is 11.3. The topological polar surface area (TPSA) is 68.6 Å². The van der Waals surface area contributed by atoms with Crippen LogP contribution in [0.25, 0.3) is 0 Å². The second-order valence-corrected chi connectivity index (χ2v) is 8.31. The van der Waals surface area contributed by atoms with Crippen molar-refractivity contribution < 1.29 is 18.7 Å². The van der Waals surface area contributed by atoms with Crippen molar-refractivity contribution in [2.75, 3.05) is 37.8 Å². The average molecular weight is 451 g/mol. The number of ether oxygens (including phenoxy) is 2. The number of morpholine rings is 1. The lowest BCUT2D eigenvalue weighted by atomic mass is 10.1. The van der Waals surface area contributed by atoms with Gasteiger partial charge in [-0.1, -0.05) is 24.3 Å². The van der Waals surface area contributed by atoms with Gasteiger partial charge in [-0.2, -0.15) is 5.10 Å². The van der Waals surface area contributed by atoms with Crippen LogP contribution >= 0.6 is 0 Å². The highest BCUT2D eigenvalue weighted by Gasteiger charge is 2.25. The first kappa shape index (κ1) is 21.6. The Balaban J connectivity index is 1.27. The number of anilines is 1. The average Bonchev–Trinajstić information content (AvgIpc) is 3.23. The Hall–Kier alpha value is -3.23. The normalized spacial score (nSPS) is 15.8. The number of carbonyl (C=O) groups is 1. The van der Waals surface area contributed by atoms with Crippen molar-refractivity contribution in [1.29, 1.82) is 0 Å². The van der Waals surface area contributed by atoms with E-state index in [2.05, 4.69) is 27.4 Å². The molecule has 8 heteroatoms. The third kappa shape index (κ3) is 4.91. The fraction of sp³-hybridized carbons (Fsp3) is 0.360. The minimum atomic E-state index is -0.271. The fourth-order valence-corrected chi connectivity index (χ4v) is 4.30. The van der Waals surface area contributed by atoms with E-state index < -0.39 is 0 Å². The zero-order valence-electron chi connectivity index (χ0n) is 18.4. The lowest BCUT2D eigenvalue weighted by Crippen LogP contribution is -2.36. The van der Waals surface area contributed by atoms with E-state index in [1.54, 1.807) is 12.1 Å². The van der Waals surface area contributed by atoms with Crippen LogP contribution in [-0.4, -0.2) is 48.6 Å². The van der Waals surface area contributed by atoms with Crippen LogP contribution in [0, 0.1) is 5.82 Å². The van der Waals surface area contributed by atoms with Gasteiger partial charge < -0.3 is 19.7 Å². The summed E-state index contributed by atoms with van der Waals surface area (Å²) >= 11 is 0. The largest absolute Gasteiger partial charge is 0.378 e. The zero-order valence-corrected chi connectivity index (χ0v) is 18.4. The number of halogens is 1. The summed E-state index contributed by atoms with van der Waals surface area (Å²) in [5.74, 6) is -0.487.